The van der Waals surface area contributed by atoms with Crippen LogP contribution in [0.3, 0.4) is 0 Å². The number of hydrogen-bond acceptors (Lipinski definition) is 3. The van der Waals surface area contributed by atoms with E-state index < -0.39 is 0 Å². The number of aryl methyl sites for hydroxylation is 1. The lowest BCUT2D eigenvalue weighted by Crippen LogP contribution is -2.23. The second kappa shape index (κ2) is 9.04. The van der Waals surface area contributed by atoms with Crippen LogP contribution in [0.1, 0.15) is 49.0 Å². The fourth-order valence-corrected chi connectivity index (χ4v) is 4.38. The molecule has 7 heteroatoms. The van der Waals surface area contributed by atoms with Crippen molar-refractivity contribution in [2.24, 2.45) is 5.10 Å². The van der Waals surface area contributed by atoms with Gasteiger partial charge in [-0.2, -0.15) is 9.78 Å². The molecule has 1 atom stereocenters. The molecule has 0 aliphatic rings. The Labute approximate surface area is 200 Å². The predicted molar refractivity (Wildman–Crippen MR) is 136 cm³/mol. The molecule has 0 spiro atoms. The van der Waals surface area contributed by atoms with Crippen LogP contribution in [0, 0.1) is 13.8 Å². The van der Waals surface area contributed by atoms with E-state index in [1.165, 1.54) is 4.68 Å². The minimum Gasteiger partial charge on any atom is -0.318 e. The summed E-state index contributed by atoms with van der Waals surface area (Å²) in [5.74, 6) is 0.749. The number of rotatable bonds is 5. The van der Waals surface area contributed by atoms with Gasteiger partial charge in [-0.05, 0) is 62.7 Å². The molecule has 0 saturated heterocycles. The normalized spacial score (nSPS) is 12.7. The maximum atomic E-state index is 13.3. The van der Waals surface area contributed by atoms with Crippen molar-refractivity contribution in [3.05, 3.63) is 91.2 Å². The molecule has 0 aliphatic carbocycles. The Hall–Kier alpha value is -2.70. The van der Waals surface area contributed by atoms with Crippen LogP contribution in [-0.4, -0.2) is 20.4 Å². The topological polar surface area (TPSA) is 52.2 Å². The highest BCUT2D eigenvalue weighted by molar-refractivity contribution is 9.10. The van der Waals surface area contributed by atoms with Crippen LogP contribution in [0.2, 0.25) is 5.02 Å². The maximum Gasteiger partial charge on any atom is 0.282 e. The standard InChI is InChI=1S/C25H24BrClN4O/c1-5-15(2)24-29-23-10-9-19(26)12-22(23)25(32)31(24)28-14-18-11-16(3)30(17(18)4)21-8-6-7-20(27)13-21/h6-15H,5H2,1-4H3/t15-/m0/s1. The molecule has 2 aromatic carbocycles. The summed E-state index contributed by atoms with van der Waals surface area (Å²) in [6.07, 6.45) is 2.59. The van der Waals surface area contributed by atoms with Crippen LogP contribution >= 0.6 is 27.5 Å². The Morgan fingerprint density at radius 2 is 1.97 bits per heavy atom. The maximum absolute atomic E-state index is 13.3. The van der Waals surface area contributed by atoms with Gasteiger partial charge < -0.3 is 4.57 Å². The van der Waals surface area contributed by atoms with Crippen molar-refractivity contribution in [1.29, 1.82) is 0 Å². The smallest absolute Gasteiger partial charge is 0.282 e. The molecule has 2 heterocycles. The van der Waals surface area contributed by atoms with Crippen molar-refractivity contribution in [3.63, 3.8) is 0 Å². The number of benzene rings is 2. The molecular weight excluding hydrogens is 488 g/mol. The van der Waals surface area contributed by atoms with Crippen molar-refractivity contribution >= 4 is 44.6 Å². The zero-order chi connectivity index (χ0) is 23.0. The average molecular weight is 512 g/mol. The summed E-state index contributed by atoms with van der Waals surface area (Å²) in [6, 6.07) is 15.3. The highest BCUT2D eigenvalue weighted by atomic mass is 79.9. The molecule has 4 aromatic rings. The van der Waals surface area contributed by atoms with Crippen LogP contribution in [0.4, 0.5) is 0 Å². The van der Waals surface area contributed by atoms with Gasteiger partial charge in [0.05, 0.1) is 17.1 Å². The second-order valence-corrected chi connectivity index (χ2v) is 9.30. The van der Waals surface area contributed by atoms with E-state index in [9.17, 15) is 4.79 Å². The first kappa shape index (κ1) is 22.5. The van der Waals surface area contributed by atoms with Gasteiger partial charge in [0.25, 0.3) is 5.56 Å². The van der Waals surface area contributed by atoms with Crippen molar-refractivity contribution in [3.8, 4) is 5.69 Å². The zero-order valence-electron chi connectivity index (χ0n) is 18.4. The van der Waals surface area contributed by atoms with Crippen LogP contribution in [-0.2, 0) is 0 Å². The predicted octanol–water partition coefficient (Wildman–Crippen LogP) is 6.62. The molecule has 0 saturated carbocycles. The van der Waals surface area contributed by atoms with Gasteiger partial charge in [0, 0.05) is 38.1 Å². The molecular formula is C25H24BrClN4O. The highest BCUT2D eigenvalue weighted by Crippen LogP contribution is 2.23. The second-order valence-electron chi connectivity index (χ2n) is 7.94. The molecule has 5 nitrogen and oxygen atoms in total. The third-order valence-electron chi connectivity index (χ3n) is 5.74. The quantitative estimate of drug-likeness (QED) is 0.283. The minimum atomic E-state index is -0.175. The molecule has 2 aromatic heterocycles. The first-order valence-corrected chi connectivity index (χ1v) is 11.7. The molecule has 0 fully saturated rings. The van der Waals surface area contributed by atoms with E-state index in [1.807, 2.05) is 50.2 Å². The molecule has 0 unspecified atom stereocenters. The molecule has 32 heavy (non-hydrogen) atoms. The van der Waals surface area contributed by atoms with E-state index >= 15 is 0 Å². The van der Waals surface area contributed by atoms with Gasteiger partial charge in [0.2, 0.25) is 0 Å². The summed E-state index contributed by atoms with van der Waals surface area (Å²) in [7, 11) is 0. The van der Waals surface area contributed by atoms with Gasteiger partial charge in [-0.15, -0.1) is 0 Å². The highest BCUT2D eigenvalue weighted by Gasteiger charge is 2.16. The summed E-state index contributed by atoms with van der Waals surface area (Å²) in [6.45, 7) is 8.21. The van der Waals surface area contributed by atoms with Crippen LogP contribution in [0.25, 0.3) is 16.6 Å². The molecule has 0 bridgehead atoms. The summed E-state index contributed by atoms with van der Waals surface area (Å²) in [5.41, 5.74) is 4.50. The Morgan fingerprint density at radius 1 is 1.19 bits per heavy atom. The molecule has 0 aliphatic heterocycles. The summed E-state index contributed by atoms with van der Waals surface area (Å²) in [5, 5.41) is 5.83. The van der Waals surface area contributed by atoms with Crippen LogP contribution < -0.4 is 5.56 Å². The molecule has 4 rings (SSSR count). The van der Waals surface area contributed by atoms with Gasteiger partial charge >= 0.3 is 0 Å². The third kappa shape index (κ3) is 4.17. The lowest BCUT2D eigenvalue weighted by atomic mass is 10.1. The van der Waals surface area contributed by atoms with Crippen molar-refractivity contribution in [2.75, 3.05) is 0 Å². The molecule has 0 amide bonds. The van der Waals surface area contributed by atoms with E-state index in [-0.39, 0.29) is 11.5 Å². The fraction of sp³-hybridized carbons (Fsp3) is 0.240. The largest absolute Gasteiger partial charge is 0.318 e. The summed E-state index contributed by atoms with van der Waals surface area (Å²) in [4.78, 5) is 18.1. The van der Waals surface area contributed by atoms with E-state index in [2.05, 4.69) is 45.5 Å². The third-order valence-corrected chi connectivity index (χ3v) is 6.46. The number of aromatic nitrogens is 3. The van der Waals surface area contributed by atoms with Gasteiger partial charge in [0.15, 0.2) is 0 Å². The summed E-state index contributed by atoms with van der Waals surface area (Å²) >= 11 is 9.65. The average Bonchev–Trinajstić information content (AvgIpc) is 3.05. The van der Waals surface area contributed by atoms with E-state index in [4.69, 9.17) is 16.6 Å². The summed E-state index contributed by atoms with van der Waals surface area (Å²) < 4.78 is 4.40. The van der Waals surface area contributed by atoms with Gasteiger partial charge in [0.1, 0.15) is 5.82 Å². The number of nitrogens with zero attached hydrogens (tertiary/aromatic N) is 4. The van der Waals surface area contributed by atoms with Gasteiger partial charge in [-0.25, -0.2) is 4.98 Å². The Bertz CT molecular complexity index is 1400. The Kier molecular flexibility index (Phi) is 6.35. The lowest BCUT2D eigenvalue weighted by molar-refractivity contribution is 0.613. The first-order chi connectivity index (χ1) is 15.3. The first-order valence-electron chi connectivity index (χ1n) is 10.5. The van der Waals surface area contributed by atoms with Gasteiger partial charge in [-0.1, -0.05) is 47.4 Å². The van der Waals surface area contributed by atoms with Crippen molar-refractivity contribution in [1.82, 2.24) is 14.2 Å². The van der Waals surface area contributed by atoms with Crippen LogP contribution in [0.5, 0.6) is 0 Å². The van der Waals surface area contributed by atoms with Crippen LogP contribution in [0.15, 0.2) is 62.9 Å². The number of fused-ring (bicyclic) bond motifs is 1. The number of hydrogen-bond donors (Lipinski definition) is 0. The molecule has 0 radical (unpaired) electrons. The Balaban J connectivity index is 1.85. The number of halogens is 2. The van der Waals surface area contributed by atoms with Crippen molar-refractivity contribution < 1.29 is 0 Å². The van der Waals surface area contributed by atoms with E-state index in [0.717, 1.165) is 33.5 Å². The molecule has 164 valence electrons. The monoisotopic (exact) mass is 510 g/mol. The Morgan fingerprint density at radius 3 is 2.69 bits per heavy atom. The zero-order valence-corrected chi connectivity index (χ0v) is 20.8. The van der Waals surface area contributed by atoms with E-state index in [1.54, 1.807) is 12.3 Å². The van der Waals surface area contributed by atoms with Crippen molar-refractivity contribution in [2.45, 2.75) is 40.0 Å². The molecule has 0 N–H and O–H groups in total. The lowest BCUT2D eigenvalue weighted by Gasteiger charge is -2.14. The fourth-order valence-electron chi connectivity index (χ4n) is 3.83. The minimum absolute atomic E-state index is 0.0896. The van der Waals surface area contributed by atoms with Gasteiger partial charge in [-0.3, -0.25) is 4.79 Å². The van der Waals surface area contributed by atoms with E-state index in [0.29, 0.717) is 21.7 Å². The SMILES string of the molecule is CC[C@H](C)c1nc2ccc(Br)cc2c(=O)n1N=Cc1cc(C)n(-c2cccc(Cl)c2)c1C.